The standard InChI is InChI=1S/C10H15N5O/c1-2-15(7-3-4-7)9-6-12-8(5-13-9)10(11)14-16/h5-7,16H,2-4H2,1H3,(H2,11,14). The van der Waals surface area contributed by atoms with Crippen molar-refractivity contribution in [3.05, 3.63) is 18.1 Å². The first kappa shape index (κ1) is 10.7. The van der Waals surface area contributed by atoms with Crippen LogP contribution in [0.4, 0.5) is 5.82 Å². The summed E-state index contributed by atoms with van der Waals surface area (Å²) < 4.78 is 0. The van der Waals surface area contributed by atoms with Gasteiger partial charge in [0.1, 0.15) is 11.5 Å². The van der Waals surface area contributed by atoms with Gasteiger partial charge in [-0.05, 0) is 19.8 Å². The SMILES string of the molecule is CCN(c1cnc(C(N)=NO)cn1)C1CC1. The van der Waals surface area contributed by atoms with Gasteiger partial charge in [0.15, 0.2) is 5.84 Å². The highest BCUT2D eigenvalue weighted by Gasteiger charge is 2.28. The average molecular weight is 221 g/mol. The second-order valence-electron chi connectivity index (χ2n) is 3.76. The second-order valence-corrected chi connectivity index (χ2v) is 3.76. The Hall–Kier alpha value is -1.85. The Labute approximate surface area is 93.8 Å². The maximum absolute atomic E-state index is 8.50. The van der Waals surface area contributed by atoms with Crippen molar-refractivity contribution in [3.63, 3.8) is 0 Å². The van der Waals surface area contributed by atoms with Crippen LogP contribution in [-0.4, -0.2) is 33.6 Å². The minimum Gasteiger partial charge on any atom is -0.409 e. The minimum absolute atomic E-state index is 0.0199. The molecule has 1 aliphatic carbocycles. The summed E-state index contributed by atoms with van der Waals surface area (Å²) in [5.41, 5.74) is 5.80. The Morgan fingerprint density at radius 2 is 2.31 bits per heavy atom. The lowest BCUT2D eigenvalue weighted by atomic mass is 10.4. The summed E-state index contributed by atoms with van der Waals surface area (Å²) in [6.07, 6.45) is 5.62. The summed E-state index contributed by atoms with van der Waals surface area (Å²) in [6, 6.07) is 0.606. The summed E-state index contributed by atoms with van der Waals surface area (Å²) in [6.45, 7) is 3.01. The average Bonchev–Trinajstić information content (AvgIpc) is 3.14. The molecule has 86 valence electrons. The summed E-state index contributed by atoms with van der Waals surface area (Å²) in [5, 5.41) is 11.4. The molecule has 0 amide bonds. The van der Waals surface area contributed by atoms with Gasteiger partial charge >= 0.3 is 0 Å². The van der Waals surface area contributed by atoms with E-state index >= 15 is 0 Å². The van der Waals surface area contributed by atoms with E-state index < -0.39 is 0 Å². The van der Waals surface area contributed by atoms with E-state index in [9.17, 15) is 0 Å². The molecule has 0 saturated heterocycles. The van der Waals surface area contributed by atoms with Crippen LogP contribution in [0.25, 0.3) is 0 Å². The zero-order chi connectivity index (χ0) is 11.5. The molecule has 3 N–H and O–H groups in total. The molecule has 1 fully saturated rings. The number of hydrogen-bond donors (Lipinski definition) is 2. The molecule has 1 saturated carbocycles. The van der Waals surface area contributed by atoms with Crippen LogP contribution in [0.3, 0.4) is 0 Å². The van der Waals surface area contributed by atoms with Crippen LogP contribution in [-0.2, 0) is 0 Å². The molecule has 0 radical (unpaired) electrons. The maximum Gasteiger partial charge on any atom is 0.190 e. The molecule has 0 unspecified atom stereocenters. The van der Waals surface area contributed by atoms with Gasteiger partial charge in [0.2, 0.25) is 0 Å². The van der Waals surface area contributed by atoms with Gasteiger partial charge in [-0.15, -0.1) is 0 Å². The molecule has 1 heterocycles. The topological polar surface area (TPSA) is 87.6 Å². The van der Waals surface area contributed by atoms with Gasteiger partial charge in [0.05, 0.1) is 12.4 Å². The third-order valence-corrected chi connectivity index (χ3v) is 2.63. The normalized spacial score (nSPS) is 16.2. The molecule has 1 aliphatic rings. The number of oxime groups is 1. The molecule has 1 aromatic rings. The Bertz CT molecular complexity index is 385. The molecule has 16 heavy (non-hydrogen) atoms. The smallest absolute Gasteiger partial charge is 0.190 e. The monoisotopic (exact) mass is 221 g/mol. The van der Waals surface area contributed by atoms with E-state index in [0.29, 0.717) is 11.7 Å². The number of amidine groups is 1. The summed E-state index contributed by atoms with van der Waals surface area (Å²) >= 11 is 0. The van der Waals surface area contributed by atoms with Crippen molar-refractivity contribution < 1.29 is 5.21 Å². The van der Waals surface area contributed by atoms with Crippen molar-refractivity contribution in [3.8, 4) is 0 Å². The third kappa shape index (κ3) is 2.05. The third-order valence-electron chi connectivity index (χ3n) is 2.63. The molecule has 6 nitrogen and oxygen atoms in total. The van der Waals surface area contributed by atoms with Crippen LogP contribution in [0.15, 0.2) is 17.5 Å². The van der Waals surface area contributed by atoms with Crippen LogP contribution in [0.2, 0.25) is 0 Å². The fourth-order valence-electron chi connectivity index (χ4n) is 1.65. The molecular weight excluding hydrogens is 206 g/mol. The molecule has 0 aromatic carbocycles. The predicted molar refractivity (Wildman–Crippen MR) is 60.6 cm³/mol. The lowest BCUT2D eigenvalue weighted by Crippen LogP contribution is -2.26. The molecule has 1 aromatic heterocycles. The van der Waals surface area contributed by atoms with E-state index in [1.807, 2.05) is 0 Å². The van der Waals surface area contributed by atoms with Gasteiger partial charge in [0.25, 0.3) is 0 Å². The second kappa shape index (κ2) is 4.34. The maximum atomic E-state index is 8.50. The highest BCUT2D eigenvalue weighted by molar-refractivity contribution is 5.94. The number of aromatic nitrogens is 2. The van der Waals surface area contributed by atoms with Crippen LogP contribution in [0.5, 0.6) is 0 Å². The number of nitrogens with zero attached hydrogens (tertiary/aromatic N) is 4. The molecule has 0 atom stereocenters. The Balaban J connectivity index is 2.17. The minimum atomic E-state index is -0.0199. The van der Waals surface area contributed by atoms with Gasteiger partial charge in [-0.2, -0.15) is 0 Å². The molecule has 0 aliphatic heterocycles. The first-order valence-corrected chi connectivity index (χ1v) is 5.32. The van der Waals surface area contributed by atoms with E-state index in [4.69, 9.17) is 10.9 Å². The predicted octanol–water partition coefficient (Wildman–Crippen LogP) is 0.560. The van der Waals surface area contributed by atoms with Gasteiger partial charge in [-0.1, -0.05) is 5.16 Å². The van der Waals surface area contributed by atoms with Crippen LogP contribution in [0, 0.1) is 0 Å². The molecule has 0 bridgehead atoms. The van der Waals surface area contributed by atoms with Crippen LogP contribution in [0.1, 0.15) is 25.5 Å². The first-order chi connectivity index (χ1) is 7.76. The summed E-state index contributed by atoms with van der Waals surface area (Å²) in [4.78, 5) is 10.6. The van der Waals surface area contributed by atoms with E-state index in [1.54, 1.807) is 6.20 Å². The molecule has 0 spiro atoms. The van der Waals surface area contributed by atoms with E-state index in [2.05, 4.69) is 26.9 Å². The molecule has 6 heteroatoms. The lowest BCUT2D eigenvalue weighted by Gasteiger charge is -2.20. The van der Waals surface area contributed by atoms with Crippen molar-refractivity contribution >= 4 is 11.7 Å². The summed E-state index contributed by atoms with van der Waals surface area (Å²) in [5.74, 6) is 0.827. The number of hydrogen-bond acceptors (Lipinski definition) is 5. The van der Waals surface area contributed by atoms with Crippen LogP contribution < -0.4 is 10.6 Å². The quantitative estimate of drug-likeness (QED) is 0.336. The van der Waals surface area contributed by atoms with Crippen molar-refractivity contribution in [2.45, 2.75) is 25.8 Å². The first-order valence-electron chi connectivity index (χ1n) is 5.32. The molecule has 2 rings (SSSR count). The van der Waals surface area contributed by atoms with E-state index in [1.165, 1.54) is 19.0 Å². The van der Waals surface area contributed by atoms with Crippen molar-refractivity contribution in [2.24, 2.45) is 10.9 Å². The molecular formula is C10H15N5O. The fraction of sp³-hybridized carbons (Fsp3) is 0.500. The Kier molecular flexibility index (Phi) is 2.89. The highest BCUT2D eigenvalue weighted by atomic mass is 16.4. The van der Waals surface area contributed by atoms with Gasteiger partial charge in [-0.3, -0.25) is 0 Å². The van der Waals surface area contributed by atoms with Gasteiger partial charge < -0.3 is 15.8 Å². The zero-order valence-corrected chi connectivity index (χ0v) is 9.17. The Morgan fingerprint density at radius 3 is 2.75 bits per heavy atom. The fourth-order valence-corrected chi connectivity index (χ4v) is 1.65. The zero-order valence-electron chi connectivity index (χ0n) is 9.17. The van der Waals surface area contributed by atoms with Crippen molar-refractivity contribution in [1.29, 1.82) is 0 Å². The van der Waals surface area contributed by atoms with Crippen molar-refractivity contribution in [2.75, 3.05) is 11.4 Å². The number of anilines is 1. The lowest BCUT2D eigenvalue weighted by molar-refractivity contribution is 0.318. The van der Waals surface area contributed by atoms with Crippen LogP contribution >= 0.6 is 0 Å². The van der Waals surface area contributed by atoms with Gasteiger partial charge in [-0.25, -0.2) is 9.97 Å². The van der Waals surface area contributed by atoms with E-state index in [0.717, 1.165) is 12.4 Å². The number of nitrogens with two attached hydrogens (primary N) is 1. The largest absolute Gasteiger partial charge is 0.409 e. The van der Waals surface area contributed by atoms with E-state index in [-0.39, 0.29) is 5.84 Å². The van der Waals surface area contributed by atoms with Gasteiger partial charge in [0, 0.05) is 12.6 Å². The van der Waals surface area contributed by atoms with Crippen molar-refractivity contribution in [1.82, 2.24) is 9.97 Å². The number of rotatable bonds is 4. The Morgan fingerprint density at radius 1 is 1.56 bits per heavy atom. The summed E-state index contributed by atoms with van der Waals surface area (Å²) in [7, 11) is 0. The highest BCUT2D eigenvalue weighted by Crippen LogP contribution is 2.29.